The van der Waals surface area contributed by atoms with Gasteiger partial charge in [0.25, 0.3) is 0 Å². The number of carboxylic acid groups (broad SMARTS) is 1. The van der Waals surface area contributed by atoms with Gasteiger partial charge in [-0.1, -0.05) is 0 Å². The Kier molecular flexibility index (Phi) is 5.31. The standard InChI is InChI=1S/C11H14BrNO2S/c1-13(2)5-6-16-10-4-3-8(11(14)15)7-9(10)12/h3-4,7H,5-6H2,1-2H3,(H,14,15). The lowest BCUT2D eigenvalue weighted by atomic mass is 10.2. The Labute approximate surface area is 108 Å². The van der Waals surface area contributed by atoms with Crippen molar-refractivity contribution in [3.05, 3.63) is 28.2 Å². The van der Waals surface area contributed by atoms with Crippen molar-refractivity contribution in [2.24, 2.45) is 0 Å². The molecule has 3 nitrogen and oxygen atoms in total. The monoisotopic (exact) mass is 303 g/mol. The zero-order valence-electron chi connectivity index (χ0n) is 9.24. The van der Waals surface area contributed by atoms with Crippen molar-refractivity contribution < 1.29 is 9.90 Å². The van der Waals surface area contributed by atoms with Gasteiger partial charge in [0, 0.05) is 21.7 Å². The molecule has 0 amide bonds. The average Bonchev–Trinajstić information content (AvgIpc) is 2.19. The maximum atomic E-state index is 10.7. The van der Waals surface area contributed by atoms with Gasteiger partial charge in [0.2, 0.25) is 0 Å². The summed E-state index contributed by atoms with van der Waals surface area (Å²) >= 11 is 5.10. The predicted molar refractivity (Wildman–Crippen MR) is 70.4 cm³/mol. The van der Waals surface area contributed by atoms with Crippen molar-refractivity contribution >= 4 is 33.7 Å². The van der Waals surface area contributed by atoms with E-state index in [1.165, 1.54) is 0 Å². The molecule has 1 rings (SSSR count). The van der Waals surface area contributed by atoms with Gasteiger partial charge in [-0.3, -0.25) is 0 Å². The molecule has 0 radical (unpaired) electrons. The second-order valence-electron chi connectivity index (χ2n) is 3.60. The third-order valence-corrected chi connectivity index (χ3v) is 3.95. The Morgan fingerprint density at radius 2 is 2.19 bits per heavy atom. The molecule has 0 fully saturated rings. The molecule has 1 aromatic rings. The summed E-state index contributed by atoms with van der Waals surface area (Å²) in [6.45, 7) is 0.998. The number of aromatic carboxylic acids is 1. The fourth-order valence-electron chi connectivity index (χ4n) is 1.09. The van der Waals surface area contributed by atoms with Crippen LogP contribution in [-0.4, -0.2) is 42.4 Å². The molecule has 0 aromatic heterocycles. The highest BCUT2D eigenvalue weighted by Gasteiger charge is 2.06. The van der Waals surface area contributed by atoms with E-state index in [0.717, 1.165) is 21.7 Å². The summed E-state index contributed by atoms with van der Waals surface area (Å²) in [4.78, 5) is 13.9. The molecule has 0 saturated heterocycles. The Morgan fingerprint density at radius 1 is 1.50 bits per heavy atom. The molecular weight excluding hydrogens is 290 g/mol. The van der Waals surface area contributed by atoms with Crippen molar-refractivity contribution in [1.82, 2.24) is 4.90 Å². The van der Waals surface area contributed by atoms with Gasteiger partial charge < -0.3 is 10.0 Å². The van der Waals surface area contributed by atoms with Gasteiger partial charge in [0.05, 0.1) is 5.56 Å². The fraction of sp³-hybridized carbons (Fsp3) is 0.364. The topological polar surface area (TPSA) is 40.5 Å². The molecule has 0 bridgehead atoms. The molecule has 1 aromatic carbocycles. The Bertz CT molecular complexity index is 382. The number of benzene rings is 1. The largest absolute Gasteiger partial charge is 0.478 e. The van der Waals surface area contributed by atoms with Crippen LogP contribution in [0, 0.1) is 0 Å². The van der Waals surface area contributed by atoms with Crippen LogP contribution in [0.5, 0.6) is 0 Å². The van der Waals surface area contributed by atoms with Crippen molar-refractivity contribution in [3.8, 4) is 0 Å². The lowest BCUT2D eigenvalue weighted by Gasteiger charge is -2.09. The van der Waals surface area contributed by atoms with E-state index in [4.69, 9.17) is 5.11 Å². The first kappa shape index (κ1) is 13.5. The zero-order chi connectivity index (χ0) is 12.1. The molecule has 0 aliphatic carbocycles. The molecule has 0 spiro atoms. The van der Waals surface area contributed by atoms with Gasteiger partial charge >= 0.3 is 5.97 Å². The molecule has 0 saturated carbocycles. The second kappa shape index (κ2) is 6.27. The SMILES string of the molecule is CN(C)CCSc1ccc(C(=O)O)cc1Br. The quantitative estimate of drug-likeness (QED) is 0.849. The number of nitrogens with zero attached hydrogens (tertiary/aromatic N) is 1. The average molecular weight is 304 g/mol. The first-order chi connectivity index (χ1) is 7.50. The van der Waals surface area contributed by atoms with Crippen molar-refractivity contribution in [3.63, 3.8) is 0 Å². The first-order valence-electron chi connectivity index (χ1n) is 4.81. The molecule has 1 N–H and O–H groups in total. The van der Waals surface area contributed by atoms with Gasteiger partial charge in [-0.25, -0.2) is 4.79 Å². The van der Waals surface area contributed by atoms with E-state index in [1.807, 2.05) is 20.2 Å². The number of rotatable bonds is 5. The highest BCUT2D eigenvalue weighted by molar-refractivity contribution is 9.10. The van der Waals surface area contributed by atoms with Crippen LogP contribution in [0.25, 0.3) is 0 Å². The third kappa shape index (κ3) is 4.15. The fourth-order valence-corrected chi connectivity index (χ4v) is 2.85. The lowest BCUT2D eigenvalue weighted by molar-refractivity contribution is 0.0696. The molecule has 0 heterocycles. The van der Waals surface area contributed by atoms with Crippen LogP contribution in [0.3, 0.4) is 0 Å². The van der Waals surface area contributed by atoms with E-state index in [2.05, 4.69) is 20.8 Å². The van der Waals surface area contributed by atoms with E-state index in [9.17, 15) is 4.79 Å². The lowest BCUT2D eigenvalue weighted by Crippen LogP contribution is -2.14. The number of carbonyl (C=O) groups is 1. The van der Waals surface area contributed by atoms with E-state index in [0.29, 0.717) is 5.56 Å². The molecule has 0 aliphatic rings. The van der Waals surface area contributed by atoms with Crippen LogP contribution in [0.1, 0.15) is 10.4 Å². The molecule has 5 heteroatoms. The summed E-state index contributed by atoms with van der Waals surface area (Å²) in [7, 11) is 4.06. The normalized spacial score (nSPS) is 10.8. The van der Waals surface area contributed by atoms with Crippen LogP contribution in [0.4, 0.5) is 0 Å². The minimum atomic E-state index is -0.898. The van der Waals surface area contributed by atoms with Crippen LogP contribution in [0.2, 0.25) is 0 Å². The predicted octanol–water partition coefficient (Wildman–Crippen LogP) is 2.80. The maximum Gasteiger partial charge on any atom is 0.335 e. The summed E-state index contributed by atoms with van der Waals surface area (Å²) in [5.41, 5.74) is 0.309. The molecule has 0 aliphatic heterocycles. The van der Waals surface area contributed by atoms with Gasteiger partial charge in [0.15, 0.2) is 0 Å². The molecular formula is C11H14BrNO2S. The number of hydrogen-bond donors (Lipinski definition) is 1. The van der Waals surface area contributed by atoms with Gasteiger partial charge in [-0.05, 0) is 48.2 Å². The van der Waals surface area contributed by atoms with E-state index in [1.54, 1.807) is 23.9 Å². The van der Waals surface area contributed by atoms with Crippen LogP contribution < -0.4 is 0 Å². The second-order valence-corrected chi connectivity index (χ2v) is 5.59. The number of halogens is 1. The van der Waals surface area contributed by atoms with Crippen LogP contribution in [0.15, 0.2) is 27.6 Å². The van der Waals surface area contributed by atoms with Gasteiger partial charge in [-0.15, -0.1) is 11.8 Å². The van der Waals surface area contributed by atoms with Crippen LogP contribution in [-0.2, 0) is 0 Å². The van der Waals surface area contributed by atoms with E-state index >= 15 is 0 Å². The summed E-state index contributed by atoms with van der Waals surface area (Å²) in [5.74, 6) is 0.0865. The van der Waals surface area contributed by atoms with Crippen molar-refractivity contribution in [2.45, 2.75) is 4.90 Å². The number of thioether (sulfide) groups is 1. The highest BCUT2D eigenvalue weighted by Crippen LogP contribution is 2.28. The Balaban J connectivity index is 2.64. The van der Waals surface area contributed by atoms with E-state index < -0.39 is 5.97 Å². The molecule has 0 atom stereocenters. The zero-order valence-corrected chi connectivity index (χ0v) is 11.6. The Morgan fingerprint density at radius 3 is 2.69 bits per heavy atom. The highest BCUT2D eigenvalue weighted by atomic mass is 79.9. The van der Waals surface area contributed by atoms with Crippen LogP contribution >= 0.6 is 27.7 Å². The first-order valence-corrected chi connectivity index (χ1v) is 6.59. The summed E-state index contributed by atoms with van der Waals surface area (Å²) in [6, 6.07) is 5.11. The van der Waals surface area contributed by atoms with Crippen molar-refractivity contribution in [1.29, 1.82) is 0 Å². The van der Waals surface area contributed by atoms with Gasteiger partial charge in [-0.2, -0.15) is 0 Å². The maximum absolute atomic E-state index is 10.7. The minimum absolute atomic E-state index is 0.309. The minimum Gasteiger partial charge on any atom is -0.478 e. The molecule has 88 valence electrons. The summed E-state index contributed by atoms with van der Waals surface area (Å²) in [6.07, 6.45) is 0. The number of carboxylic acids is 1. The molecule has 0 unspecified atom stereocenters. The smallest absolute Gasteiger partial charge is 0.335 e. The molecule has 16 heavy (non-hydrogen) atoms. The number of hydrogen-bond acceptors (Lipinski definition) is 3. The Hall–Kier alpha value is -0.520. The van der Waals surface area contributed by atoms with Gasteiger partial charge in [0.1, 0.15) is 0 Å². The van der Waals surface area contributed by atoms with Crippen molar-refractivity contribution in [2.75, 3.05) is 26.4 Å². The summed E-state index contributed by atoms with van der Waals surface area (Å²) < 4.78 is 0.844. The summed E-state index contributed by atoms with van der Waals surface area (Å²) in [5, 5.41) is 8.81. The van der Waals surface area contributed by atoms with E-state index in [-0.39, 0.29) is 0 Å². The third-order valence-electron chi connectivity index (χ3n) is 1.97.